The van der Waals surface area contributed by atoms with E-state index in [0.717, 1.165) is 16.9 Å². The second-order valence-corrected chi connectivity index (χ2v) is 7.63. The number of aliphatic hydroxyl groups excluding tert-OH is 1. The summed E-state index contributed by atoms with van der Waals surface area (Å²) in [6.45, 7) is 6.08. The summed E-state index contributed by atoms with van der Waals surface area (Å²) in [6.07, 6.45) is -0.459. The molecule has 0 unspecified atom stereocenters. The zero-order chi connectivity index (χ0) is 21.5. The Morgan fingerprint density at radius 2 is 1.83 bits per heavy atom. The average molecular weight is 430 g/mol. The van der Waals surface area contributed by atoms with Gasteiger partial charge in [0.15, 0.2) is 0 Å². The summed E-state index contributed by atoms with van der Waals surface area (Å²) in [6, 6.07) is 17.2. The first kappa shape index (κ1) is 22.3. The number of halogens is 1. The van der Waals surface area contributed by atoms with E-state index in [9.17, 15) is 5.11 Å². The van der Waals surface area contributed by atoms with Gasteiger partial charge in [-0.2, -0.15) is 5.10 Å². The number of benzene rings is 2. The Bertz CT molecular complexity index is 944. The third kappa shape index (κ3) is 5.61. The van der Waals surface area contributed by atoms with E-state index in [4.69, 9.17) is 26.2 Å². The van der Waals surface area contributed by atoms with E-state index >= 15 is 0 Å². The van der Waals surface area contributed by atoms with Crippen molar-refractivity contribution in [2.75, 3.05) is 26.8 Å². The van der Waals surface area contributed by atoms with Gasteiger partial charge in [0.1, 0.15) is 5.75 Å². The van der Waals surface area contributed by atoms with Crippen molar-refractivity contribution in [2.45, 2.75) is 26.5 Å². The minimum atomic E-state index is -0.459. The van der Waals surface area contributed by atoms with E-state index in [0.29, 0.717) is 42.9 Å². The van der Waals surface area contributed by atoms with E-state index in [2.05, 4.69) is 4.90 Å². The Hall–Kier alpha value is -2.38. The molecule has 30 heavy (non-hydrogen) atoms. The minimum absolute atomic E-state index is 0.459. The van der Waals surface area contributed by atoms with Crippen LogP contribution in [-0.2, 0) is 11.3 Å². The van der Waals surface area contributed by atoms with Crippen molar-refractivity contribution in [3.05, 3.63) is 70.9 Å². The number of nitrogens with zero attached hydrogens (tertiary/aromatic N) is 3. The molecule has 0 aliphatic carbocycles. The van der Waals surface area contributed by atoms with Gasteiger partial charge in [-0.15, -0.1) is 0 Å². The van der Waals surface area contributed by atoms with Gasteiger partial charge in [0.05, 0.1) is 34.7 Å². The summed E-state index contributed by atoms with van der Waals surface area (Å²) in [5.41, 5.74) is 2.69. The number of aromatic nitrogens is 2. The number of aliphatic hydroxyl groups is 1. The number of hydrogen-bond donors (Lipinski definition) is 1. The Kier molecular flexibility index (Phi) is 7.87. The molecule has 0 saturated heterocycles. The van der Waals surface area contributed by atoms with Crippen LogP contribution in [0.25, 0.3) is 5.69 Å². The molecule has 0 bridgehead atoms. The molecule has 1 N–H and O–H groups in total. The molecule has 0 radical (unpaired) electrons. The predicted molar refractivity (Wildman–Crippen MR) is 119 cm³/mol. The first-order valence-electron chi connectivity index (χ1n) is 9.95. The van der Waals surface area contributed by atoms with Crippen molar-refractivity contribution in [3.63, 3.8) is 0 Å². The van der Waals surface area contributed by atoms with Gasteiger partial charge in [-0.3, -0.25) is 4.90 Å². The number of ether oxygens (including phenoxy) is 2. The summed E-state index contributed by atoms with van der Waals surface area (Å²) in [5.74, 6) is 1.18. The van der Waals surface area contributed by atoms with Crippen LogP contribution in [0.15, 0.2) is 54.6 Å². The van der Waals surface area contributed by atoms with Crippen LogP contribution >= 0.6 is 11.6 Å². The lowest BCUT2D eigenvalue weighted by Crippen LogP contribution is -2.33. The first-order chi connectivity index (χ1) is 14.5. The maximum Gasteiger partial charge on any atom is 0.227 e. The van der Waals surface area contributed by atoms with Crippen LogP contribution in [0.1, 0.15) is 18.2 Å². The lowest BCUT2D eigenvalue weighted by Gasteiger charge is -2.24. The summed E-state index contributed by atoms with van der Waals surface area (Å²) in [7, 11) is 1.67. The van der Waals surface area contributed by atoms with E-state index in [1.54, 1.807) is 24.8 Å². The smallest absolute Gasteiger partial charge is 0.227 e. The number of aryl methyl sites for hydroxylation is 1. The van der Waals surface area contributed by atoms with Crippen LogP contribution in [0.4, 0.5) is 0 Å². The molecule has 0 spiro atoms. The second kappa shape index (κ2) is 10.6. The molecule has 6 nitrogen and oxygen atoms in total. The van der Waals surface area contributed by atoms with Crippen LogP contribution in [0.5, 0.6) is 11.6 Å². The monoisotopic (exact) mass is 429 g/mol. The van der Waals surface area contributed by atoms with Crippen molar-refractivity contribution in [3.8, 4) is 17.3 Å². The normalized spacial score (nSPS) is 12.3. The molecule has 7 heteroatoms. The lowest BCUT2D eigenvalue weighted by molar-refractivity contribution is 0.0934. The van der Waals surface area contributed by atoms with Gasteiger partial charge >= 0.3 is 0 Å². The molecular weight excluding hydrogens is 402 g/mol. The number of methoxy groups -OCH3 is 1. The summed E-state index contributed by atoms with van der Waals surface area (Å²) in [5, 5.41) is 15.2. The third-order valence-electron chi connectivity index (χ3n) is 4.70. The minimum Gasteiger partial charge on any atom is -0.437 e. The van der Waals surface area contributed by atoms with Crippen LogP contribution in [0.2, 0.25) is 5.02 Å². The van der Waals surface area contributed by atoms with Crippen molar-refractivity contribution < 1.29 is 14.6 Å². The highest BCUT2D eigenvalue weighted by Crippen LogP contribution is 2.34. The van der Waals surface area contributed by atoms with Crippen molar-refractivity contribution in [1.82, 2.24) is 14.7 Å². The Balaban J connectivity index is 2.02. The van der Waals surface area contributed by atoms with Gasteiger partial charge < -0.3 is 14.6 Å². The maximum atomic E-state index is 9.94. The Labute approximate surface area is 182 Å². The molecule has 0 aliphatic rings. The topological polar surface area (TPSA) is 59.8 Å². The third-order valence-corrected chi connectivity index (χ3v) is 5.01. The van der Waals surface area contributed by atoms with E-state index in [1.165, 1.54) is 0 Å². The van der Waals surface area contributed by atoms with Crippen molar-refractivity contribution in [1.29, 1.82) is 0 Å². The van der Waals surface area contributed by atoms with Crippen LogP contribution in [-0.4, -0.2) is 52.7 Å². The van der Waals surface area contributed by atoms with E-state index in [-0.39, 0.29) is 0 Å². The summed E-state index contributed by atoms with van der Waals surface area (Å²) < 4.78 is 13.3. The van der Waals surface area contributed by atoms with E-state index < -0.39 is 6.10 Å². The number of rotatable bonds is 10. The molecule has 1 aromatic heterocycles. The second-order valence-electron chi connectivity index (χ2n) is 7.23. The van der Waals surface area contributed by atoms with Gasteiger partial charge in [-0.25, -0.2) is 4.68 Å². The molecule has 0 fully saturated rings. The fourth-order valence-corrected chi connectivity index (χ4v) is 3.43. The number of para-hydroxylation sites is 2. The van der Waals surface area contributed by atoms with Crippen LogP contribution < -0.4 is 4.74 Å². The molecule has 1 heterocycles. The van der Waals surface area contributed by atoms with Crippen molar-refractivity contribution >= 4 is 11.6 Å². The van der Waals surface area contributed by atoms with Gasteiger partial charge in [-0.05, 0) is 38.1 Å². The highest BCUT2D eigenvalue weighted by Gasteiger charge is 2.22. The van der Waals surface area contributed by atoms with Crippen LogP contribution in [0, 0.1) is 6.92 Å². The van der Waals surface area contributed by atoms with E-state index in [1.807, 2.05) is 55.5 Å². The van der Waals surface area contributed by atoms with Crippen LogP contribution in [0.3, 0.4) is 0 Å². The Morgan fingerprint density at radius 1 is 1.13 bits per heavy atom. The number of hydrogen-bond acceptors (Lipinski definition) is 5. The largest absolute Gasteiger partial charge is 0.437 e. The first-order valence-corrected chi connectivity index (χ1v) is 10.3. The van der Waals surface area contributed by atoms with Crippen molar-refractivity contribution in [2.24, 2.45) is 0 Å². The summed E-state index contributed by atoms with van der Waals surface area (Å²) in [4.78, 5) is 2.13. The maximum absolute atomic E-state index is 9.94. The van der Waals surface area contributed by atoms with Gasteiger partial charge in [0.2, 0.25) is 5.88 Å². The molecule has 0 aliphatic heterocycles. The quantitative estimate of drug-likeness (QED) is 0.515. The fraction of sp³-hybridized carbons (Fsp3) is 0.348. The van der Waals surface area contributed by atoms with Gasteiger partial charge in [0, 0.05) is 26.7 Å². The van der Waals surface area contributed by atoms with Gasteiger partial charge in [0.25, 0.3) is 0 Å². The molecular formula is C23H28ClN3O3. The van der Waals surface area contributed by atoms with Gasteiger partial charge in [-0.1, -0.05) is 41.9 Å². The Morgan fingerprint density at radius 3 is 2.50 bits per heavy atom. The lowest BCUT2D eigenvalue weighted by atomic mass is 10.2. The highest BCUT2D eigenvalue weighted by atomic mass is 35.5. The fourth-order valence-electron chi connectivity index (χ4n) is 3.25. The SMILES string of the molecule is COCCN(Cc1c(C)nn(-c2ccccc2)c1Oc1ccccc1Cl)C[C@H](C)O. The molecule has 3 rings (SSSR count). The zero-order valence-corrected chi connectivity index (χ0v) is 18.3. The molecule has 160 valence electrons. The molecule has 0 saturated carbocycles. The molecule has 3 aromatic rings. The zero-order valence-electron chi connectivity index (χ0n) is 17.6. The average Bonchev–Trinajstić information content (AvgIpc) is 3.03. The highest BCUT2D eigenvalue weighted by molar-refractivity contribution is 6.32. The summed E-state index contributed by atoms with van der Waals surface area (Å²) >= 11 is 6.36. The standard InChI is InChI=1S/C23H28ClN3O3/c1-17(28)15-26(13-14-29-3)16-20-18(2)25-27(19-9-5-4-6-10-19)23(20)30-22-12-8-7-11-21(22)24/h4-12,17,28H,13-16H2,1-3H3/t17-/m0/s1. The molecule has 1 atom stereocenters. The molecule has 0 amide bonds. The predicted octanol–water partition coefficient (Wildman–Crippen LogP) is 4.46. The molecule has 2 aromatic carbocycles.